The minimum Gasteiger partial charge on any atom is -0.466 e. The van der Waals surface area contributed by atoms with Gasteiger partial charge in [0.05, 0.1) is 24.3 Å². The van der Waals surface area contributed by atoms with Crippen LogP contribution in [0, 0.1) is 0 Å². The highest BCUT2D eigenvalue weighted by molar-refractivity contribution is 8.00. The van der Waals surface area contributed by atoms with E-state index in [4.69, 9.17) is 16.3 Å². The highest BCUT2D eigenvalue weighted by atomic mass is 35.5. The third kappa shape index (κ3) is 6.39. The summed E-state index contributed by atoms with van der Waals surface area (Å²) in [5.41, 5.74) is 0.873. The van der Waals surface area contributed by atoms with Gasteiger partial charge in [0.1, 0.15) is 0 Å². The molecule has 0 spiro atoms. The van der Waals surface area contributed by atoms with Gasteiger partial charge in [0.15, 0.2) is 0 Å². The minimum absolute atomic E-state index is 0.0991. The van der Waals surface area contributed by atoms with Crippen molar-refractivity contribution in [2.45, 2.75) is 36.5 Å². The van der Waals surface area contributed by atoms with Crippen LogP contribution in [0.4, 0.5) is 0 Å². The molecule has 2 aromatic rings. The summed E-state index contributed by atoms with van der Waals surface area (Å²) >= 11 is 7.33. The van der Waals surface area contributed by atoms with Gasteiger partial charge in [-0.05, 0) is 43.7 Å². The molecule has 0 saturated heterocycles. The number of hydrogen-bond donors (Lipinski definition) is 1. The normalized spacial score (nSPS) is 12.9. The Morgan fingerprint density at radius 3 is 2.38 bits per heavy atom. The zero-order valence-electron chi connectivity index (χ0n) is 14.8. The summed E-state index contributed by atoms with van der Waals surface area (Å²) in [5, 5.41) is 3.31. The number of esters is 1. The van der Waals surface area contributed by atoms with Crippen molar-refractivity contribution < 1.29 is 14.3 Å². The van der Waals surface area contributed by atoms with Gasteiger partial charge in [-0.1, -0.05) is 41.9 Å². The first-order valence-corrected chi connectivity index (χ1v) is 9.68. The van der Waals surface area contributed by atoms with Crippen LogP contribution < -0.4 is 5.32 Å². The van der Waals surface area contributed by atoms with Crippen LogP contribution in [-0.2, 0) is 14.3 Å². The average molecular weight is 392 g/mol. The lowest BCUT2D eigenvalue weighted by atomic mass is 10.0. The molecule has 0 aliphatic carbocycles. The molecule has 0 aliphatic heterocycles. The topological polar surface area (TPSA) is 55.4 Å². The summed E-state index contributed by atoms with van der Waals surface area (Å²) in [4.78, 5) is 25.5. The van der Waals surface area contributed by atoms with Crippen molar-refractivity contribution in [1.29, 1.82) is 0 Å². The summed E-state index contributed by atoms with van der Waals surface area (Å²) in [6.07, 6.45) is 0.0991. The van der Waals surface area contributed by atoms with Crippen molar-refractivity contribution in [3.63, 3.8) is 0 Å². The highest BCUT2D eigenvalue weighted by Crippen LogP contribution is 2.26. The van der Waals surface area contributed by atoms with E-state index in [1.54, 1.807) is 19.1 Å². The molecule has 1 amide bonds. The number of carbonyl (C=O) groups is 2. The van der Waals surface area contributed by atoms with Gasteiger partial charge in [-0.2, -0.15) is 0 Å². The molecular weight excluding hydrogens is 370 g/mol. The number of halogens is 1. The first-order chi connectivity index (χ1) is 12.5. The fourth-order valence-corrected chi connectivity index (χ4v) is 3.39. The average Bonchev–Trinajstić information content (AvgIpc) is 2.64. The molecule has 26 heavy (non-hydrogen) atoms. The Hall–Kier alpha value is -1.98. The van der Waals surface area contributed by atoms with Gasteiger partial charge in [-0.25, -0.2) is 0 Å². The van der Waals surface area contributed by atoms with Gasteiger partial charge in [0, 0.05) is 9.92 Å². The maximum Gasteiger partial charge on any atom is 0.308 e. The van der Waals surface area contributed by atoms with Crippen molar-refractivity contribution in [2.75, 3.05) is 6.61 Å². The summed E-state index contributed by atoms with van der Waals surface area (Å²) in [6.45, 7) is 3.91. The van der Waals surface area contributed by atoms with E-state index in [0.717, 1.165) is 10.5 Å². The molecule has 0 fully saturated rings. The van der Waals surface area contributed by atoms with Crippen LogP contribution in [0.5, 0.6) is 0 Å². The first kappa shape index (κ1) is 20.3. The van der Waals surface area contributed by atoms with E-state index < -0.39 is 6.04 Å². The van der Waals surface area contributed by atoms with Crippen molar-refractivity contribution in [3.8, 4) is 0 Å². The molecule has 0 saturated carbocycles. The molecule has 2 atom stereocenters. The van der Waals surface area contributed by atoms with Gasteiger partial charge in [-0.3, -0.25) is 9.59 Å². The fourth-order valence-electron chi connectivity index (χ4n) is 2.38. The molecule has 6 heteroatoms. The quantitative estimate of drug-likeness (QED) is 0.526. The zero-order valence-corrected chi connectivity index (χ0v) is 16.3. The van der Waals surface area contributed by atoms with Crippen LogP contribution >= 0.6 is 23.4 Å². The summed E-state index contributed by atoms with van der Waals surface area (Å²) in [6, 6.07) is 16.4. The third-order valence-corrected chi connectivity index (χ3v) is 5.05. The van der Waals surface area contributed by atoms with E-state index in [1.165, 1.54) is 11.8 Å². The van der Waals surface area contributed by atoms with E-state index >= 15 is 0 Å². The Kier molecular flexibility index (Phi) is 8.01. The molecule has 2 unspecified atom stereocenters. The molecule has 4 nitrogen and oxygen atoms in total. The molecule has 0 bridgehead atoms. The predicted octanol–water partition coefficient (Wildman–Crippen LogP) is 4.63. The molecular formula is C20H22ClNO3S. The van der Waals surface area contributed by atoms with E-state index in [2.05, 4.69) is 5.32 Å². The number of benzene rings is 2. The van der Waals surface area contributed by atoms with Crippen LogP contribution in [0.1, 0.15) is 31.9 Å². The standard InChI is InChI=1S/C20H22ClNO3S/c1-3-25-19(23)13-18(15-7-5-4-6-8-15)22-20(24)14(2)26-17-11-9-16(21)10-12-17/h4-12,14,18H,3,13H2,1-2H3,(H,22,24). The van der Waals surface area contributed by atoms with E-state index in [9.17, 15) is 9.59 Å². The lowest BCUT2D eigenvalue weighted by Gasteiger charge is -2.21. The van der Waals surface area contributed by atoms with Crippen LogP contribution in [0.2, 0.25) is 5.02 Å². The second kappa shape index (κ2) is 10.2. The van der Waals surface area contributed by atoms with Crippen LogP contribution in [0.3, 0.4) is 0 Å². The first-order valence-electron chi connectivity index (χ1n) is 8.42. The minimum atomic E-state index is -0.420. The molecule has 2 rings (SSSR count). The van der Waals surface area contributed by atoms with Gasteiger partial charge < -0.3 is 10.1 Å². The summed E-state index contributed by atoms with van der Waals surface area (Å²) in [7, 11) is 0. The van der Waals surface area contributed by atoms with Crippen molar-refractivity contribution in [3.05, 3.63) is 65.2 Å². The van der Waals surface area contributed by atoms with Crippen molar-refractivity contribution in [1.82, 2.24) is 5.32 Å². The fraction of sp³-hybridized carbons (Fsp3) is 0.300. The number of hydrogen-bond acceptors (Lipinski definition) is 4. The molecule has 0 aliphatic rings. The molecule has 0 radical (unpaired) electrons. The smallest absolute Gasteiger partial charge is 0.308 e. The van der Waals surface area contributed by atoms with Gasteiger partial charge in [-0.15, -0.1) is 11.8 Å². The Balaban J connectivity index is 2.04. The third-order valence-electron chi connectivity index (χ3n) is 3.69. The Morgan fingerprint density at radius 1 is 1.12 bits per heavy atom. The van der Waals surface area contributed by atoms with Crippen LogP contribution in [-0.4, -0.2) is 23.7 Å². The predicted molar refractivity (Wildman–Crippen MR) is 105 cm³/mol. The van der Waals surface area contributed by atoms with Crippen LogP contribution in [0.15, 0.2) is 59.5 Å². The second-order valence-corrected chi connectivity index (χ2v) is 7.55. The number of carbonyl (C=O) groups excluding carboxylic acids is 2. The Labute approximate surface area is 163 Å². The number of thioether (sulfide) groups is 1. The maximum atomic E-state index is 12.6. The van der Waals surface area contributed by atoms with E-state index in [0.29, 0.717) is 11.6 Å². The zero-order chi connectivity index (χ0) is 18.9. The van der Waals surface area contributed by atoms with Gasteiger partial charge in [0.25, 0.3) is 0 Å². The Bertz CT molecular complexity index is 722. The van der Waals surface area contributed by atoms with Gasteiger partial charge in [0.2, 0.25) is 5.91 Å². The number of ether oxygens (including phenoxy) is 1. The molecule has 1 N–H and O–H groups in total. The van der Waals surface area contributed by atoms with E-state index in [1.807, 2.05) is 49.4 Å². The van der Waals surface area contributed by atoms with E-state index in [-0.39, 0.29) is 23.5 Å². The number of rotatable bonds is 8. The number of nitrogens with one attached hydrogen (secondary N) is 1. The lowest BCUT2D eigenvalue weighted by molar-refractivity contribution is -0.143. The number of amides is 1. The largest absolute Gasteiger partial charge is 0.466 e. The monoisotopic (exact) mass is 391 g/mol. The molecule has 2 aromatic carbocycles. The van der Waals surface area contributed by atoms with Crippen LogP contribution in [0.25, 0.3) is 0 Å². The summed E-state index contributed by atoms with van der Waals surface area (Å²) in [5.74, 6) is -0.470. The Morgan fingerprint density at radius 2 is 1.77 bits per heavy atom. The lowest BCUT2D eigenvalue weighted by Crippen LogP contribution is -2.35. The molecule has 138 valence electrons. The molecule has 0 heterocycles. The summed E-state index contributed by atoms with van der Waals surface area (Å²) < 4.78 is 5.03. The van der Waals surface area contributed by atoms with Crippen molar-refractivity contribution >= 4 is 35.2 Å². The van der Waals surface area contributed by atoms with Crippen molar-refractivity contribution in [2.24, 2.45) is 0 Å². The highest BCUT2D eigenvalue weighted by Gasteiger charge is 2.22. The molecule has 0 aromatic heterocycles. The SMILES string of the molecule is CCOC(=O)CC(NC(=O)C(C)Sc1ccc(Cl)cc1)c1ccccc1. The maximum absolute atomic E-state index is 12.6. The second-order valence-electron chi connectivity index (χ2n) is 5.70. The van der Waals surface area contributed by atoms with Gasteiger partial charge >= 0.3 is 5.97 Å².